The fourth-order valence-electron chi connectivity index (χ4n) is 3.24. The van der Waals surface area contributed by atoms with E-state index < -0.39 is 0 Å². The van der Waals surface area contributed by atoms with Crippen LogP contribution in [0, 0.1) is 5.92 Å². The summed E-state index contributed by atoms with van der Waals surface area (Å²) in [6.45, 7) is 5.51. The second-order valence-electron chi connectivity index (χ2n) is 6.68. The van der Waals surface area contributed by atoms with Crippen molar-refractivity contribution in [2.24, 2.45) is 5.92 Å². The van der Waals surface area contributed by atoms with Gasteiger partial charge in [-0.1, -0.05) is 12.1 Å². The van der Waals surface area contributed by atoms with E-state index in [0.29, 0.717) is 18.5 Å². The summed E-state index contributed by atoms with van der Waals surface area (Å²) in [6, 6.07) is 8.61. The first-order chi connectivity index (χ1) is 11.2. The number of nitrogens with zero attached hydrogens (tertiary/aromatic N) is 1. The number of rotatable bonds is 6. The Hall–Kier alpha value is -1.30. The Labute approximate surface area is 150 Å². The molecule has 1 amide bonds. The summed E-state index contributed by atoms with van der Waals surface area (Å²) < 4.78 is 5.22. The number of ether oxygens (including phenoxy) is 1. The van der Waals surface area contributed by atoms with E-state index in [1.807, 2.05) is 12.1 Å². The van der Waals surface area contributed by atoms with E-state index in [1.165, 1.54) is 18.4 Å². The number of piperazine rings is 1. The van der Waals surface area contributed by atoms with Crippen molar-refractivity contribution < 1.29 is 9.53 Å². The van der Waals surface area contributed by atoms with Crippen molar-refractivity contribution in [3.8, 4) is 5.75 Å². The van der Waals surface area contributed by atoms with Crippen LogP contribution in [0.1, 0.15) is 31.4 Å². The third-order valence-corrected chi connectivity index (χ3v) is 4.87. The normalized spacial score (nSPS) is 22.3. The Kier molecular flexibility index (Phi) is 6.90. The molecule has 1 aliphatic carbocycles. The second-order valence-corrected chi connectivity index (χ2v) is 6.68. The number of hydrogen-bond donors (Lipinski definition) is 2. The second kappa shape index (κ2) is 8.70. The molecule has 0 aromatic heterocycles. The van der Waals surface area contributed by atoms with Crippen LogP contribution in [0.15, 0.2) is 24.3 Å². The lowest BCUT2D eigenvalue weighted by Gasteiger charge is -2.33. The lowest BCUT2D eigenvalue weighted by molar-refractivity contribution is -0.123. The van der Waals surface area contributed by atoms with Gasteiger partial charge in [0.2, 0.25) is 5.91 Å². The van der Waals surface area contributed by atoms with Crippen molar-refractivity contribution in [2.45, 2.75) is 31.8 Å². The zero-order valence-corrected chi connectivity index (χ0v) is 15.3. The van der Waals surface area contributed by atoms with Gasteiger partial charge in [0.15, 0.2) is 0 Å². The van der Waals surface area contributed by atoms with E-state index >= 15 is 0 Å². The zero-order valence-electron chi connectivity index (χ0n) is 14.5. The maximum absolute atomic E-state index is 12.5. The number of benzene rings is 1. The van der Waals surface area contributed by atoms with Gasteiger partial charge in [0.25, 0.3) is 0 Å². The van der Waals surface area contributed by atoms with Crippen molar-refractivity contribution >= 4 is 18.3 Å². The molecule has 1 aromatic rings. The van der Waals surface area contributed by atoms with E-state index in [-0.39, 0.29) is 24.4 Å². The molecule has 134 valence electrons. The fourth-order valence-corrected chi connectivity index (χ4v) is 3.24. The van der Waals surface area contributed by atoms with Crippen molar-refractivity contribution in [1.82, 2.24) is 15.5 Å². The fraction of sp³-hybridized carbons (Fsp3) is 0.611. The molecule has 1 aliphatic heterocycles. The molecule has 2 aliphatic rings. The van der Waals surface area contributed by atoms with Gasteiger partial charge >= 0.3 is 0 Å². The van der Waals surface area contributed by atoms with Gasteiger partial charge in [-0.25, -0.2) is 0 Å². The molecule has 2 atom stereocenters. The standard InChI is InChI=1S/C18H27N3O2.ClH/c1-13-11-19-9-10-21(13)12-17(22)20-18(14-3-4-14)15-5-7-16(23-2)8-6-15;/h5-8,13-14,18-19H,3-4,9-12H2,1-2H3,(H,20,22);1H/t13-,18?;/m1./s1. The number of hydrogen-bond acceptors (Lipinski definition) is 4. The molecule has 2 N–H and O–H groups in total. The molecule has 1 saturated heterocycles. The van der Waals surface area contributed by atoms with Crippen LogP contribution in [0.4, 0.5) is 0 Å². The Morgan fingerprint density at radius 2 is 2.08 bits per heavy atom. The highest BCUT2D eigenvalue weighted by Crippen LogP contribution is 2.41. The first kappa shape index (κ1) is 19.0. The van der Waals surface area contributed by atoms with Crippen LogP contribution >= 0.6 is 12.4 Å². The molecular formula is C18H28ClN3O2. The molecule has 3 rings (SSSR count). The maximum Gasteiger partial charge on any atom is 0.234 e. The zero-order chi connectivity index (χ0) is 16.2. The van der Waals surface area contributed by atoms with E-state index in [2.05, 4.69) is 34.6 Å². The summed E-state index contributed by atoms with van der Waals surface area (Å²) >= 11 is 0. The van der Waals surface area contributed by atoms with Crippen molar-refractivity contribution in [3.05, 3.63) is 29.8 Å². The predicted molar refractivity (Wildman–Crippen MR) is 97.8 cm³/mol. The van der Waals surface area contributed by atoms with Crippen molar-refractivity contribution in [2.75, 3.05) is 33.3 Å². The predicted octanol–water partition coefficient (Wildman–Crippen LogP) is 1.98. The molecule has 24 heavy (non-hydrogen) atoms. The Morgan fingerprint density at radius 1 is 1.38 bits per heavy atom. The third-order valence-electron chi connectivity index (χ3n) is 4.87. The molecule has 2 fully saturated rings. The number of carbonyl (C=O) groups excluding carboxylic acids is 1. The Morgan fingerprint density at radius 3 is 2.67 bits per heavy atom. The molecule has 6 heteroatoms. The Balaban J connectivity index is 0.00000208. The van der Waals surface area contributed by atoms with Crippen molar-refractivity contribution in [3.63, 3.8) is 0 Å². The molecule has 5 nitrogen and oxygen atoms in total. The Bertz CT molecular complexity index is 534. The van der Waals surface area contributed by atoms with E-state index in [0.717, 1.165) is 25.4 Å². The van der Waals surface area contributed by atoms with Crippen LogP contribution in [-0.2, 0) is 4.79 Å². The highest BCUT2D eigenvalue weighted by molar-refractivity contribution is 5.85. The van der Waals surface area contributed by atoms with Crippen LogP contribution < -0.4 is 15.4 Å². The van der Waals surface area contributed by atoms with Gasteiger partial charge in [0.1, 0.15) is 5.75 Å². The minimum Gasteiger partial charge on any atom is -0.497 e. The number of nitrogens with one attached hydrogen (secondary N) is 2. The topological polar surface area (TPSA) is 53.6 Å². The molecule has 1 saturated carbocycles. The molecule has 1 heterocycles. The van der Waals surface area contributed by atoms with Crippen LogP contribution in [0.3, 0.4) is 0 Å². The highest BCUT2D eigenvalue weighted by atomic mass is 35.5. The summed E-state index contributed by atoms with van der Waals surface area (Å²) in [5, 5.41) is 6.62. The van der Waals surface area contributed by atoms with Gasteiger partial charge < -0.3 is 15.4 Å². The molecule has 1 unspecified atom stereocenters. The van der Waals surface area contributed by atoms with Gasteiger partial charge in [0, 0.05) is 25.7 Å². The average molecular weight is 354 g/mol. The molecule has 0 bridgehead atoms. The molecule has 0 spiro atoms. The van der Waals surface area contributed by atoms with Crippen molar-refractivity contribution in [1.29, 1.82) is 0 Å². The van der Waals surface area contributed by atoms with Crippen LogP contribution in [0.25, 0.3) is 0 Å². The number of methoxy groups -OCH3 is 1. The van der Waals surface area contributed by atoms with E-state index in [9.17, 15) is 4.79 Å². The van der Waals surface area contributed by atoms with Crippen LogP contribution in [0.2, 0.25) is 0 Å². The third kappa shape index (κ3) is 4.85. The summed E-state index contributed by atoms with van der Waals surface area (Å²) in [4.78, 5) is 14.8. The quantitative estimate of drug-likeness (QED) is 0.821. The maximum atomic E-state index is 12.5. The monoisotopic (exact) mass is 353 g/mol. The average Bonchev–Trinajstić information content (AvgIpc) is 3.40. The smallest absolute Gasteiger partial charge is 0.234 e. The van der Waals surface area contributed by atoms with Gasteiger partial charge in [0.05, 0.1) is 19.7 Å². The van der Waals surface area contributed by atoms with Gasteiger partial charge in [-0.2, -0.15) is 0 Å². The first-order valence-electron chi connectivity index (χ1n) is 8.55. The lowest BCUT2D eigenvalue weighted by atomic mass is 10.0. The molecule has 0 radical (unpaired) electrons. The first-order valence-corrected chi connectivity index (χ1v) is 8.55. The summed E-state index contributed by atoms with van der Waals surface area (Å²) in [6.07, 6.45) is 2.39. The van der Waals surface area contributed by atoms with Gasteiger partial charge in [-0.15, -0.1) is 12.4 Å². The highest BCUT2D eigenvalue weighted by Gasteiger charge is 2.34. The minimum absolute atomic E-state index is 0. The van der Waals surface area contributed by atoms with Gasteiger partial charge in [-0.05, 0) is 43.4 Å². The van der Waals surface area contributed by atoms with Crippen LogP contribution in [0.5, 0.6) is 5.75 Å². The SMILES string of the molecule is COc1ccc(C(NC(=O)CN2CCNC[C@H]2C)C2CC2)cc1.Cl. The lowest BCUT2D eigenvalue weighted by Crippen LogP contribution is -2.53. The van der Waals surface area contributed by atoms with Gasteiger partial charge in [-0.3, -0.25) is 9.69 Å². The number of amides is 1. The molecule has 1 aromatic carbocycles. The van der Waals surface area contributed by atoms with E-state index in [4.69, 9.17) is 4.74 Å². The number of halogens is 1. The largest absolute Gasteiger partial charge is 0.497 e. The summed E-state index contributed by atoms with van der Waals surface area (Å²) in [7, 11) is 1.67. The summed E-state index contributed by atoms with van der Waals surface area (Å²) in [5.41, 5.74) is 1.18. The van der Waals surface area contributed by atoms with E-state index in [1.54, 1.807) is 7.11 Å². The number of carbonyl (C=O) groups is 1. The minimum atomic E-state index is 0. The summed E-state index contributed by atoms with van der Waals surface area (Å²) in [5.74, 6) is 1.56. The molecular weight excluding hydrogens is 326 g/mol. The van der Waals surface area contributed by atoms with Crippen LogP contribution in [-0.4, -0.2) is 50.1 Å².